The van der Waals surface area contributed by atoms with Gasteiger partial charge >= 0.3 is 0 Å². The van der Waals surface area contributed by atoms with Crippen LogP contribution in [0.3, 0.4) is 0 Å². The highest BCUT2D eigenvalue weighted by molar-refractivity contribution is 8.24. The molecule has 1 aliphatic rings. The van der Waals surface area contributed by atoms with Gasteiger partial charge < -0.3 is 10.4 Å². The van der Waals surface area contributed by atoms with Gasteiger partial charge in [-0.15, -0.1) is 0 Å². The number of rotatable bonds is 4. The van der Waals surface area contributed by atoms with Gasteiger partial charge in [0.15, 0.2) is 16.4 Å². The first-order valence-corrected chi connectivity index (χ1v) is 8.37. The summed E-state index contributed by atoms with van der Waals surface area (Å²) >= 11 is 23.2. The molecule has 0 bridgehead atoms. The van der Waals surface area contributed by atoms with Crippen molar-refractivity contribution in [1.29, 1.82) is 5.41 Å². The predicted molar refractivity (Wildman–Crippen MR) is 94.9 cm³/mol. The Morgan fingerprint density at radius 2 is 2.18 bits per heavy atom. The van der Waals surface area contributed by atoms with E-state index in [-0.39, 0.29) is 5.95 Å². The molecule has 0 saturated carbocycles. The number of amidine groups is 1. The molecule has 0 amide bonds. The second-order valence-corrected chi connectivity index (χ2v) is 8.23. The van der Waals surface area contributed by atoms with Gasteiger partial charge in [-0.1, -0.05) is 58.8 Å². The molecule has 2 rings (SSSR count). The van der Waals surface area contributed by atoms with Gasteiger partial charge in [0.1, 0.15) is 5.84 Å². The predicted octanol–water partition coefficient (Wildman–Crippen LogP) is 2.52. The topological polar surface area (TPSA) is 97.2 Å². The molecule has 7 nitrogen and oxygen atoms in total. The molecule has 12 heteroatoms. The molecule has 22 heavy (non-hydrogen) atoms. The van der Waals surface area contributed by atoms with E-state index < -0.39 is 10.0 Å². The number of aliphatic hydroxyl groups excluding tert-OH is 1. The maximum atomic E-state index is 9.71. The average Bonchev–Trinajstić information content (AvgIpc) is 2.69. The second-order valence-electron chi connectivity index (χ2n) is 4.26. The molecule has 120 valence electrons. The van der Waals surface area contributed by atoms with E-state index in [2.05, 4.69) is 20.7 Å². The molecule has 0 aromatic carbocycles. The number of aromatic nitrogens is 2. The lowest BCUT2D eigenvalue weighted by molar-refractivity contribution is 0.207. The number of aliphatic hydroxyl groups is 1. The van der Waals surface area contributed by atoms with Crippen LogP contribution in [-0.4, -0.2) is 46.0 Å². The van der Waals surface area contributed by atoms with Gasteiger partial charge in [-0.2, -0.15) is 4.98 Å². The Morgan fingerprint density at radius 3 is 2.73 bits per heavy atom. The molecule has 0 aliphatic carbocycles. The molecule has 4 N–H and O–H groups in total. The van der Waals surface area contributed by atoms with Gasteiger partial charge in [0.05, 0.1) is 5.75 Å². The lowest BCUT2D eigenvalue weighted by atomic mass is 10.4. The van der Waals surface area contributed by atoms with Gasteiger partial charge in [0, 0.05) is 11.8 Å². The third-order valence-electron chi connectivity index (χ3n) is 2.44. The highest BCUT2D eigenvalue weighted by atomic mass is 35.6. The molecule has 1 aromatic heterocycles. The zero-order chi connectivity index (χ0) is 16.5. The van der Waals surface area contributed by atoms with Crippen molar-refractivity contribution >= 4 is 80.7 Å². The van der Waals surface area contributed by atoms with Crippen LogP contribution in [0.25, 0.3) is 0 Å². The largest absolute Gasteiger partial charge is 0.369 e. The molecule has 0 unspecified atom stereocenters. The number of hydrazine groups is 1. The number of nitrogens with one attached hydrogen (secondary N) is 3. The lowest BCUT2D eigenvalue weighted by Gasteiger charge is -2.22. The Hall–Kier alpha value is -0.580. The summed E-state index contributed by atoms with van der Waals surface area (Å²) in [6.45, 7) is 1.74. The molecule has 1 aromatic rings. The summed E-state index contributed by atoms with van der Waals surface area (Å²) in [5, 5.41) is 21.4. The standard InChI is InChI=1S/C10H11Cl3N6OS2/c1-4-2-6(18-19-5(14)3-22-9(19)21)16-8(15-4)17-7(20)10(11,12)13/h2,7,14,20H,3H2,1H3,(H2,15,16,17,18)/t7-/m0/s1. The summed E-state index contributed by atoms with van der Waals surface area (Å²) in [5.74, 6) is 1.28. The molecule has 1 aliphatic heterocycles. The van der Waals surface area contributed by atoms with Crippen LogP contribution in [0.5, 0.6) is 0 Å². The first-order valence-electron chi connectivity index (χ1n) is 5.85. The van der Waals surface area contributed by atoms with Gasteiger partial charge in [-0.05, 0) is 6.92 Å². The molecule has 1 saturated heterocycles. The van der Waals surface area contributed by atoms with Crippen LogP contribution in [0.4, 0.5) is 11.8 Å². The molecular formula is C10H11Cl3N6OS2. The summed E-state index contributed by atoms with van der Waals surface area (Å²) in [7, 11) is 0. The van der Waals surface area contributed by atoms with E-state index in [4.69, 9.17) is 52.4 Å². The van der Waals surface area contributed by atoms with Crippen molar-refractivity contribution in [1.82, 2.24) is 15.0 Å². The first kappa shape index (κ1) is 17.8. The Morgan fingerprint density at radius 1 is 1.50 bits per heavy atom. The number of hydrogen-bond donors (Lipinski definition) is 4. The number of halogens is 3. The summed E-state index contributed by atoms with van der Waals surface area (Å²) in [4.78, 5) is 8.23. The Balaban J connectivity index is 2.16. The quantitative estimate of drug-likeness (QED) is 0.347. The van der Waals surface area contributed by atoms with Crippen LogP contribution in [0.15, 0.2) is 6.07 Å². The third kappa shape index (κ3) is 4.46. The van der Waals surface area contributed by atoms with Gasteiger partial charge in [-0.25, -0.2) is 9.99 Å². The van der Waals surface area contributed by atoms with Gasteiger partial charge in [0.2, 0.25) is 9.74 Å². The van der Waals surface area contributed by atoms with Crippen LogP contribution >= 0.6 is 58.8 Å². The average molecular weight is 402 g/mol. The smallest absolute Gasteiger partial charge is 0.234 e. The summed E-state index contributed by atoms with van der Waals surface area (Å²) < 4.78 is -1.40. The SMILES string of the molecule is Cc1cc(NN2C(=N)CSC2=S)nc(N[C@@H](O)C(Cl)(Cl)Cl)n1. The molecule has 1 atom stereocenters. The number of aryl methyl sites for hydroxylation is 1. The molecule has 2 heterocycles. The van der Waals surface area contributed by atoms with E-state index in [0.29, 0.717) is 27.4 Å². The Kier molecular flexibility index (Phi) is 5.57. The van der Waals surface area contributed by atoms with Crippen LogP contribution in [0.2, 0.25) is 0 Å². The number of alkyl halides is 3. The minimum atomic E-state index is -1.92. The first-order chi connectivity index (χ1) is 10.2. The van der Waals surface area contributed by atoms with Gasteiger partial charge in [-0.3, -0.25) is 10.8 Å². The third-order valence-corrected chi connectivity index (χ3v) is 4.44. The van der Waals surface area contributed by atoms with Crippen molar-refractivity contribution in [2.45, 2.75) is 16.9 Å². The van der Waals surface area contributed by atoms with Crippen LogP contribution in [0, 0.1) is 12.3 Å². The van der Waals surface area contributed by atoms with Crippen molar-refractivity contribution in [3.63, 3.8) is 0 Å². The van der Waals surface area contributed by atoms with Crippen molar-refractivity contribution < 1.29 is 5.11 Å². The van der Waals surface area contributed by atoms with E-state index in [1.54, 1.807) is 13.0 Å². The van der Waals surface area contributed by atoms with Crippen molar-refractivity contribution in [2.75, 3.05) is 16.5 Å². The van der Waals surface area contributed by atoms with E-state index >= 15 is 0 Å². The number of nitrogens with zero attached hydrogens (tertiary/aromatic N) is 3. The number of thioether (sulfide) groups is 1. The van der Waals surface area contributed by atoms with Crippen molar-refractivity contribution in [3.05, 3.63) is 11.8 Å². The molecule has 0 radical (unpaired) electrons. The Bertz CT molecular complexity index is 595. The highest BCUT2D eigenvalue weighted by Gasteiger charge is 2.31. The maximum Gasteiger partial charge on any atom is 0.234 e. The van der Waals surface area contributed by atoms with E-state index in [1.165, 1.54) is 16.8 Å². The molecule has 0 spiro atoms. The minimum Gasteiger partial charge on any atom is -0.369 e. The monoisotopic (exact) mass is 400 g/mol. The zero-order valence-corrected chi connectivity index (χ0v) is 15.0. The second kappa shape index (κ2) is 6.90. The van der Waals surface area contributed by atoms with Gasteiger partial charge in [0.25, 0.3) is 0 Å². The fraction of sp³-hybridized carbons (Fsp3) is 0.400. The number of anilines is 2. The summed E-state index contributed by atoms with van der Waals surface area (Å²) in [6.07, 6.45) is -1.48. The lowest BCUT2D eigenvalue weighted by Crippen LogP contribution is -2.35. The molecular weight excluding hydrogens is 391 g/mol. The summed E-state index contributed by atoms with van der Waals surface area (Å²) in [6, 6.07) is 1.66. The van der Waals surface area contributed by atoms with E-state index in [1.807, 2.05) is 0 Å². The van der Waals surface area contributed by atoms with E-state index in [9.17, 15) is 5.11 Å². The zero-order valence-electron chi connectivity index (χ0n) is 11.1. The Labute approximate surface area is 151 Å². The molecule has 1 fully saturated rings. The fourth-order valence-electron chi connectivity index (χ4n) is 1.49. The summed E-state index contributed by atoms with van der Waals surface area (Å²) in [5.41, 5.74) is 3.52. The van der Waals surface area contributed by atoms with Crippen LogP contribution in [-0.2, 0) is 0 Å². The highest BCUT2D eigenvalue weighted by Crippen LogP contribution is 2.30. The maximum absolute atomic E-state index is 9.71. The minimum absolute atomic E-state index is 0.0747. The number of hydrogen-bond acceptors (Lipinski definition) is 8. The fourth-order valence-corrected chi connectivity index (χ4v) is 2.66. The van der Waals surface area contributed by atoms with Crippen molar-refractivity contribution in [2.24, 2.45) is 0 Å². The van der Waals surface area contributed by atoms with E-state index in [0.717, 1.165) is 0 Å². The van der Waals surface area contributed by atoms with Crippen molar-refractivity contribution in [3.8, 4) is 0 Å². The normalized spacial score (nSPS) is 16.9. The number of thiocarbonyl (C=S) groups is 1. The van der Waals surface area contributed by atoms with Crippen LogP contribution in [0.1, 0.15) is 5.69 Å². The van der Waals surface area contributed by atoms with Crippen LogP contribution < -0.4 is 10.7 Å².